The van der Waals surface area contributed by atoms with Crippen LogP contribution in [0, 0.1) is 0 Å². The number of amides is 2. The van der Waals surface area contributed by atoms with E-state index in [1.165, 1.54) is 4.90 Å². The van der Waals surface area contributed by atoms with Crippen molar-refractivity contribution in [1.29, 1.82) is 0 Å². The van der Waals surface area contributed by atoms with Gasteiger partial charge in [0, 0.05) is 19.8 Å². The van der Waals surface area contributed by atoms with Gasteiger partial charge in [-0.05, 0) is 70.7 Å². The SMILES string of the molecule is CC/C(=C(/c1ccc(O)cc1)c1ccc(NC(=O)N(C)C)cc1)c1ccc(O)cc1. The predicted octanol–water partition coefficient (Wildman–Crippen LogP) is 5.56. The summed E-state index contributed by atoms with van der Waals surface area (Å²) in [5, 5.41) is 22.2. The molecule has 3 N–H and O–H groups in total. The molecule has 3 rings (SSSR count). The maximum absolute atomic E-state index is 11.9. The van der Waals surface area contributed by atoms with Gasteiger partial charge < -0.3 is 20.4 Å². The molecular weight excluding hydrogens is 376 g/mol. The fraction of sp³-hybridized carbons (Fsp3) is 0.160. The molecule has 0 radical (unpaired) electrons. The number of anilines is 1. The summed E-state index contributed by atoms with van der Waals surface area (Å²) >= 11 is 0. The highest BCUT2D eigenvalue weighted by molar-refractivity contribution is 5.99. The number of allylic oxidation sites excluding steroid dienone is 1. The third kappa shape index (κ3) is 4.81. The summed E-state index contributed by atoms with van der Waals surface area (Å²) in [6.45, 7) is 2.09. The standard InChI is InChI=1S/C25H26N2O3/c1-4-23(17-7-13-21(28)14-8-17)24(19-9-15-22(29)16-10-19)18-5-11-20(12-6-18)26-25(30)27(2)3/h5-16,28-29H,4H2,1-3H3,(H,26,30)/b24-23-. The number of phenols is 2. The zero-order chi connectivity index (χ0) is 21.7. The molecule has 0 aromatic heterocycles. The van der Waals surface area contributed by atoms with E-state index in [0.717, 1.165) is 34.3 Å². The summed E-state index contributed by atoms with van der Waals surface area (Å²) in [5.41, 5.74) is 5.85. The Balaban J connectivity index is 2.11. The monoisotopic (exact) mass is 402 g/mol. The van der Waals surface area contributed by atoms with Crippen molar-refractivity contribution in [3.8, 4) is 11.5 Å². The van der Waals surface area contributed by atoms with Crippen LogP contribution in [-0.4, -0.2) is 35.2 Å². The van der Waals surface area contributed by atoms with E-state index in [0.29, 0.717) is 5.69 Å². The minimum atomic E-state index is -0.185. The average molecular weight is 402 g/mol. The first-order valence-electron chi connectivity index (χ1n) is 9.79. The van der Waals surface area contributed by atoms with Crippen molar-refractivity contribution in [2.45, 2.75) is 13.3 Å². The maximum Gasteiger partial charge on any atom is 0.321 e. The summed E-state index contributed by atoms with van der Waals surface area (Å²) < 4.78 is 0. The molecule has 3 aromatic rings. The molecule has 0 bridgehead atoms. The number of carbonyl (C=O) groups excluding carboxylic acids is 1. The maximum atomic E-state index is 11.9. The Morgan fingerprint density at radius 2 is 1.20 bits per heavy atom. The smallest absolute Gasteiger partial charge is 0.321 e. The van der Waals surface area contributed by atoms with Crippen LogP contribution in [0.1, 0.15) is 30.0 Å². The third-order valence-electron chi connectivity index (χ3n) is 4.86. The lowest BCUT2D eigenvalue weighted by Crippen LogP contribution is -2.27. The van der Waals surface area contributed by atoms with Crippen LogP contribution in [-0.2, 0) is 0 Å². The van der Waals surface area contributed by atoms with E-state index in [-0.39, 0.29) is 17.5 Å². The van der Waals surface area contributed by atoms with E-state index in [1.54, 1.807) is 38.4 Å². The molecule has 0 unspecified atom stereocenters. The molecule has 0 aliphatic rings. The number of phenolic OH excluding ortho intramolecular Hbond substituents is 2. The Bertz CT molecular complexity index is 1040. The van der Waals surface area contributed by atoms with E-state index in [4.69, 9.17) is 0 Å². The van der Waals surface area contributed by atoms with Gasteiger partial charge in [0.05, 0.1) is 0 Å². The number of hydrogen-bond donors (Lipinski definition) is 3. The Labute approximate surface area is 176 Å². The first-order chi connectivity index (χ1) is 14.4. The zero-order valence-corrected chi connectivity index (χ0v) is 17.4. The number of nitrogens with one attached hydrogen (secondary N) is 1. The summed E-state index contributed by atoms with van der Waals surface area (Å²) in [5.74, 6) is 0.434. The number of nitrogens with zero attached hydrogens (tertiary/aromatic N) is 1. The molecule has 30 heavy (non-hydrogen) atoms. The van der Waals surface area contributed by atoms with Crippen LogP contribution in [0.5, 0.6) is 11.5 Å². The first-order valence-corrected chi connectivity index (χ1v) is 9.79. The van der Waals surface area contributed by atoms with Gasteiger partial charge in [-0.1, -0.05) is 43.3 Å². The minimum Gasteiger partial charge on any atom is -0.508 e. The molecular formula is C25H26N2O3. The number of rotatable bonds is 5. The van der Waals surface area contributed by atoms with Crippen molar-refractivity contribution in [1.82, 2.24) is 4.90 Å². The molecule has 0 atom stereocenters. The van der Waals surface area contributed by atoms with Crippen LogP contribution in [0.3, 0.4) is 0 Å². The summed E-state index contributed by atoms with van der Waals surface area (Å²) in [7, 11) is 3.39. The van der Waals surface area contributed by atoms with Gasteiger partial charge in [0.2, 0.25) is 0 Å². The molecule has 154 valence electrons. The number of benzene rings is 3. The quantitative estimate of drug-likeness (QED) is 0.489. The van der Waals surface area contributed by atoms with Crippen LogP contribution >= 0.6 is 0 Å². The van der Waals surface area contributed by atoms with Gasteiger partial charge in [-0.2, -0.15) is 0 Å². The van der Waals surface area contributed by atoms with Crippen LogP contribution < -0.4 is 5.32 Å². The molecule has 0 aliphatic heterocycles. The topological polar surface area (TPSA) is 72.8 Å². The van der Waals surface area contributed by atoms with E-state index in [1.807, 2.05) is 48.5 Å². The lowest BCUT2D eigenvalue weighted by molar-refractivity contribution is 0.230. The molecule has 0 heterocycles. The minimum absolute atomic E-state index is 0.185. The average Bonchev–Trinajstić information content (AvgIpc) is 2.74. The Morgan fingerprint density at radius 3 is 1.63 bits per heavy atom. The van der Waals surface area contributed by atoms with E-state index in [9.17, 15) is 15.0 Å². The second-order valence-electron chi connectivity index (χ2n) is 7.20. The molecule has 0 saturated carbocycles. The molecule has 2 amide bonds. The Hall–Kier alpha value is -3.73. The summed E-state index contributed by atoms with van der Waals surface area (Å²) in [6.07, 6.45) is 0.778. The Morgan fingerprint density at radius 1 is 0.767 bits per heavy atom. The molecule has 0 saturated heterocycles. The molecule has 0 fully saturated rings. The third-order valence-corrected chi connectivity index (χ3v) is 4.86. The van der Waals surface area contributed by atoms with Crippen molar-refractivity contribution < 1.29 is 15.0 Å². The first kappa shape index (κ1) is 21.0. The van der Waals surface area contributed by atoms with Gasteiger partial charge >= 0.3 is 6.03 Å². The van der Waals surface area contributed by atoms with Crippen LogP contribution in [0.25, 0.3) is 11.1 Å². The van der Waals surface area contributed by atoms with Crippen LogP contribution in [0.15, 0.2) is 72.8 Å². The highest BCUT2D eigenvalue weighted by Gasteiger charge is 2.14. The molecule has 5 nitrogen and oxygen atoms in total. The van der Waals surface area contributed by atoms with E-state index < -0.39 is 0 Å². The van der Waals surface area contributed by atoms with Crippen molar-refractivity contribution in [3.05, 3.63) is 89.5 Å². The largest absolute Gasteiger partial charge is 0.508 e. The fourth-order valence-corrected chi connectivity index (χ4v) is 3.29. The van der Waals surface area contributed by atoms with E-state index >= 15 is 0 Å². The van der Waals surface area contributed by atoms with Crippen molar-refractivity contribution >= 4 is 22.9 Å². The van der Waals surface area contributed by atoms with Gasteiger partial charge in [0.1, 0.15) is 11.5 Å². The number of urea groups is 1. The molecule has 0 aliphatic carbocycles. The van der Waals surface area contributed by atoms with Crippen molar-refractivity contribution in [2.24, 2.45) is 0 Å². The second-order valence-corrected chi connectivity index (χ2v) is 7.20. The zero-order valence-electron chi connectivity index (χ0n) is 17.4. The van der Waals surface area contributed by atoms with Gasteiger partial charge in [-0.15, -0.1) is 0 Å². The summed E-state index contributed by atoms with van der Waals surface area (Å²) in [6, 6.07) is 21.8. The normalized spacial score (nSPS) is 11.6. The van der Waals surface area contributed by atoms with Gasteiger partial charge in [0.25, 0.3) is 0 Å². The lowest BCUT2D eigenvalue weighted by Gasteiger charge is -2.17. The molecule has 5 heteroatoms. The van der Waals surface area contributed by atoms with Gasteiger partial charge in [-0.25, -0.2) is 4.79 Å². The van der Waals surface area contributed by atoms with Crippen molar-refractivity contribution in [2.75, 3.05) is 19.4 Å². The number of aromatic hydroxyl groups is 2. The van der Waals surface area contributed by atoms with Crippen LogP contribution in [0.4, 0.5) is 10.5 Å². The van der Waals surface area contributed by atoms with Crippen molar-refractivity contribution in [3.63, 3.8) is 0 Å². The highest BCUT2D eigenvalue weighted by atomic mass is 16.3. The van der Waals surface area contributed by atoms with Crippen LogP contribution in [0.2, 0.25) is 0 Å². The molecule has 3 aromatic carbocycles. The predicted molar refractivity (Wildman–Crippen MR) is 122 cm³/mol. The number of carbonyl (C=O) groups is 1. The summed E-state index contributed by atoms with van der Waals surface area (Å²) in [4.78, 5) is 13.4. The van der Waals surface area contributed by atoms with Gasteiger partial charge in [-0.3, -0.25) is 0 Å². The second kappa shape index (κ2) is 9.18. The fourth-order valence-electron chi connectivity index (χ4n) is 3.29. The Kier molecular flexibility index (Phi) is 6.42. The number of hydrogen-bond acceptors (Lipinski definition) is 3. The molecule has 0 spiro atoms. The van der Waals surface area contributed by atoms with E-state index in [2.05, 4.69) is 12.2 Å². The lowest BCUT2D eigenvalue weighted by atomic mass is 9.88. The highest BCUT2D eigenvalue weighted by Crippen LogP contribution is 2.35. The van der Waals surface area contributed by atoms with Gasteiger partial charge in [0.15, 0.2) is 0 Å².